The van der Waals surface area contributed by atoms with Gasteiger partial charge in [-0.1, -0.05) is 31.3 Å². The topological polar surface area (TPSA) is 63.4 Å². The van der Waals surface area contributed by atoms with Gasteiger partial charge in [0.25, 0.3) is 0 Å². The van der Waals surface area contributed by atoms with E-state index < -0.39 is 10.0 Å². The maximum atomic E-state index is 12.6. The number of benzene rings is 1. The Morgan fingerprint density at radius 3 is 2.40 bits per heavy atom. The molecule has 0 bridgehead atoms. The summed E-state index contributed by atoms with van der Waals surface area (Å²) in [5, 5.41) is 0. The van der Waals surface area contributed by atoms with Crippen LogP contribution in [0, 0.1) is 5.92 Å². The number of hydrogen-bond acceptors (Lipinski definition) is 3. The van der Waals surface area contributed by atoms with Crippen molar-refractivity contribution in [2.75, 3.05) is 6.54 Å². The Hall–Kier alpha value is -0.980. The van der Waals surface area contributed by atoms with Crippen LogP contribution in [0.3, 0.4) is 0 Å². The Balaban J connectivity index is 2.28. The average molecular weight is 312 g/mol. The van der Waals surface area contributed by atoms with Crippen molar-refractivity contribution in [2.45, 2.75) is 37.6 Å². The van der Waals surface area contributed by atoms with E-state index >= 15 is 0 Å². The van der Waals surface area contributed by atoms with Gasteiger partial charge in [0, 0.05) is 18.2 Å². The van der Waals surface area contributed by atoms with Crippen molar-refractivity contribution in [1.29, 1.82) is 0 Å². The molecule has 0 aliphatic carbocycles. The van der Waals surface area contributed by atoms with Gasteiger partial charge in [0.1, 0.15) is 4.99 Å². The minimum absolute atomic E-state index is 0.0408. The van der Waals surface area contributed by atoms with Crippen molar-refractivity contribution >= 4 is 27.2 Å². The second-order valence-electron chi connectivity index (χ2n) is 5.48. The molecule has 0 amide bonds. The Labute approximate surface area is 126 Å². The van der Waals surface area contributed by atoms with Crippen molar-refractivity contribution < 1.29 is 8.42 Å². The van der Waals surface area contributed by atoms with Gasteiger partial charge in [-0.2, -0.15) is 4.31 Å². The van der Waals surface area contributed by atoms with Gasteiger partial charge in [-0.3, -0.25) is 0 Å². The van der Waals surface area contributed by atoms with E-state index in [0.717, 1.165) is 12.8 Å². The maximum Gasteiger partial charge on any atom is 0.243 e. The quantitative estimate of drug-likeness (QED) is 0.869. The summed E-state index contributed by atoms with van der Waals surface area (Å²) in [6, 6.07) is 6.52. The molecule has 0 aromatic heterocycles. The van der Waals surface area contributed by atoms with Crippen LogP contribution in [0.2, 0.25) is 0 Å². The molecule has 6 heteroatoms. The van der Waals surface area contributed by atoms with E-state index in [-0.39, 0.29) is 11.0 Å². The molecule has 2 unspecified atom stereocenters. The first-order valence-corrected chi connectivity index (χ1v) is 8.59. The van der Waals surface area contributed by atoms with Crippen LogP contribution in [0.15, 0.2) is 29.2 Å². The van der Waals surface area contributed by atoms with Crippen molar-refractivity contribution in [3.8, 4) is 0 Å². The molecule has 1 fully saturated rings. The van der Waals surface area contributed by atoms with Crippen LogP contribution in [0.25, 0.3) is 0 Å². The fourth-order valence-corrected chi connectivity index (χ4v) is 4.46. The lowest BCUT2D eigenvalue weighted by Crippen LogP contribution is -2.44. The van der Waals surface area contributed by atoms with Crippen LogP contribution in [0.1, 0.15) is 32.3 Å². The number of rotatable bonds is 3. The second kappa shape index (κ2) is 5.79. The molecule has 1 aliphatic heterocycles. The molecule has 0 saturated carbocycles. The minimum atomic E-state index is -3.43. The molecule has 4 nitrogen and oxygen atoms in total. The lowest BCUT2D eigenvalue weighted by molar-refractivity contribution is 0.220. The van der Waals surface area contributed by atoms with Crippen LogP contribution < -0.4 is 5.73 Å². The standard InChI is InChI=1S/C14H20N2O2S2/c1-10-7-8-16(11(2)9-10)20(17,18)13-5-3-12(4-6-13)14(15)19/h3-6,10-11H,7-9H2,1-2H3,(H2,15,19). The summed E-state index contributed by atoms with van der Waals surface area (Å²) in [5.74, 6) is 0.577. The summed E-state index contributed by atoms with van der Waals surface area (Å²) in [7, 11) is -3.43. The summed E-state index contributed by atoms with van der Waals surface area (Å²) < 4.78 is 26.9. The Kier molecular flexibility index (Phi) is 4.46. The lowest BCUT2D eigenvalue weighted by atomic mass is 9.95. The van der Waals surface area contributed by atoms with Gasteiger partial charge >= 0.3 is 0 Å². The number of thiocarbonyl (C=S) groups is 1. The van der Waals surface area contributed by atoms with Crippen LogP contribution in [0.5, 0.6) is 0 Å². The molecule has 0 spiro atoms. The van der Waals surface area contributed by atoms with Gasteiger partial charge in [-0.05, 0) is 37.8 Å². The Bertz CT molecular complexity index is 596. The van der Waals surface area contributed by atoms with Gasteiger partial charge in [0.05, 0.1) is 4.90 Å². The smallest absolute Gasteiger partial charge is 0.243 e. The van der Waals surface area contributed by atoms with E-state index in [2.05, 4.69) is 6.92 Å². The van der Waals surface area contributed by atoms with Crippen LogP contribution >= 0.6 is 12.2 Å². The molecule has 110 valence electrons. The third kappa shape index (κ3) is 3.02. The van der Waals surface area contributed by atoms with Crippen LogP contribution in [0.4, 0.5) is 0 Å². The van der Waals surface area contributed by atoms with Crippen LogP contribution in [-0.2, 0) is 10.0 Å². The number of hydrogen-bond donors (Lipinski definition) is 1. The highest BCUT2D eigenvalue weighted by molar-refractivity contribution is 7.89. The normalized spacial score (nSPS) is 24.5. The number of nitrogens with zero attached hydrogens (tertiary/aromatic N) is 1. The van der Waals surface area contributed by atoms with E-state index in [1.807, 2.05) is 6.92 Å². The van der Waals surface area contributed by atoms with Gasteiger partial charge in [0.15, 0.2) is 0 Å². The van der Waals surface area contributed by atoms with E-state index in [1.165, 1.54) is 0 Å². The third-order valence-electron chi connectivity index (χ3n) is 3.82. The van der Waals surface area contributed by atoms with Crippen molar-refractivity contribution in [2.24, 2.45) is 11.7 Å². The van der Waals surface area contributed by atoms with Gasteiger partial charge < -0.3 is 5.73 Å². The molecular weight excluding hydrogens is 292 g/mol. The monoisotopic (exact) mass is 312 g/mol. The highest BCUT2D eigenvalue weighted by Crippen LogP contribution is 2.28. The SMILES string of the molecule is CC1CCN(S(=O)(=O)c2ccc(C(N)=S)cc2)C(C)C1. The summed E-state index contributed by atoms with van der Waals surface area (Å²) in [6.45, 7) is 4.72. The fourth-order valence-electron chi connectivity index (χ4n) is 2.67. The maximum absolute atomic E-state index is 12.6. The molecular formula is C14H20N2O2S2. The zero-order chi connectivity index (χ0) is 14.9. The minimum Gasteiger partial charge on any atom is -0.389 e. The molecule has 2 rings (SSSR count). The van der Waals surface area contributed by atoms with E-state index in [1.54, 1.807) is 28.6 Å². The Morgan fingerprint density at radius 2 is 1.90 bits per heavy atom. The number of nitrogens with two attached hydrogens (primary N) is 1. The molecule has 1 saturated heterocycles. The first-order chi connectivity index (χ1) is 9.32. The molecule has 1 aliphatic rings. The highest BCUT2D eigenvalue weighted by atomic mass is 32.2. The van der Waals surface area contributed by atoms with Crippen LogP contribution in [-0.4, -0.2) is 30.3 Å². The Morgan fingerprint density at radius 1 is 1.30 bits per heavy atom. The summed E-state index contributed by atoms with van der Waals surface area (Å²) in [6.07, 6.45) is 1.82. The fraction of sp³-hybridized carbons (Fsp3) is 0.500. The van der Waals surface area contributed by atoms with Gasteiger partial charge in [-0.25, -0.2) is 8.42 Å². The lowest BCUT2D eigenvalue weighted by Gasteiger charge is -2.35. The zero-order valence-corrected chi connectivity index (χ0v) is 13.4. The first kappa shape index (κ1) is 15.4. The van der Waals surface area contributed by atoms with Gasteiger partial charge in [0.2, 0.25) is 10.0 Å². The average Bonchev–Trinajstić information content (AvgIpc) is 2.38. The molecule has 20 heavy (non-hydrogen) atoms. The number of sulfonamides is 1. The molecule has 1 aromatic carbocycles. The highest BCUT2D eigenvalue weighted by Gasteiger charge is 2.33. The van der Waals surface area contributed by atoms with E-state index in [4.69, 9.17) is 18.0 Å². The number of piperidine rings is 1. The largest absolute Gasteiger partial charge is 0.389 e. The van der Waals surface area contributed by atoms with Crippen molar-refractivity contribution in [3.63, 3.8) is 0 Å². The van der Waals surface area contributed by atoms with Crippen molar-refractivity contribution in [1.82, 2.24) is 4.31 Å². The summed E-state index contributed by atoms with van der Waals surface area (Å²) in [4.78, 5) is 0.577. The molecule has 0 radical (unpaired) electrons. The van der Waals surface area contributed by atoms with Crippen molar-refractivity contribution in [3.05, 3.63) is 29.8 Å². The molecule has 1 heterocycles. The molecule has 2 N–H and O–H groups in total. The molecule has 2 atom stereocenters. The summed E-state index contributed by atoms with van der Waals surface area (Å²) >= 11 is 4.87. The predicted molar refractivity (Wildman–Crippen MR) is 84.1 cm³/mol. The zero-order valence-electron chi connectivity index (χ0n) is 11.7. The second-order valence-corrected chi connectivity index (χ2v) is 7.81. The first-order valence-electron chi connectivity index (χ1n) is 6.74. The molecule has 1 aromatic rings. The summed E-state index contributed by atoms with van der Waals surface area (Å²) in [5.41, 5.74) is 6.20. The van der Waals surface area contributed by atoms with E-state index in [9.17, 15) is 8.42 Å². The van der Waals surface area contributed by atoms with Gasteiger partial charge in [-0.15, -0.1) is 0 Å². The van der Waals surface area contributed by atoms with E-state index in [0.29, 0.717) is 22.9 Å². The predicted octanol–water partition coefficient (Wildman–Crippen LogP) is 2.13. The third-order valence-corrected chi connectivity index (χ3v) is 6.09.